The van der Waals surface area contributed by atoms with Gasteiger partial charge >= 0.3 is 7.60 Å². The summed E-state index contributed by atoms with van der Waals surface area (Å²) in [5, 5.41) is 3.01. The third-order valence-electron chi connectivity index (χ3n) is 6.38. The molecule has 222 valence electrons. The smallest absolute Gasteiger partial charge is 0.330 e. The molecule has 1 heterocycles. The molecule has 0 saturated heterocycles. The van der Waals surface area contributed by atoms with E-state index in [1.165, 1.54) is 11.3 Å². The van der Waals surface area contributed by atoms with Crippen LogP contribution in [-0.4, -0.2) is 83.2 Å². The molecular formula is C31H49N4O4P. The molecule has 1 aromatic rings. The molecule has 0 bridgehead atoms. The van der Waals surface area contributed by atoms with Crippen molar-refractivity contribution in [2.75, 3.05) is 71.1 Å². The largest absolute Gasteiger partial charge is 0.371 e. The highest BCUT2D eigenvalue weighted by Crippen LogP contribution is 2.48. The number of nitrogens with one attached hydrogen (secondary N) is 1. The van der Waals surface area contributed by atoms with Gasteiger partial charge in [0.2, 0.25) is 5.91 Å². The Hall–Kier alpha value is -2.51. The number of amides is 1. The summed E-state index contributed by atoms with van der Waals surface area (Å²) in [6.45, 7) is 10.2. The molecule has 0 fully saturated rings. The van der Waals surface area contributed by atoms with Gasteiger partial charge in [-0.2, -0.15) is 0 Å². The van der Waals surface area contributed by atoms with E-state index in [-0.39, 0.29) is 5.91 Å². The topological polar surface area (TPSA) is 83.5 Å². The first-order chi connectivity index (χ1) is 19.3. The lowest BCUT2D eigenvalue weighted by Gasteiger charge is -2.31. The predicted molar refractivity (Wildman–Crippen MR) is 169 cm³/mol. The standard InChI is InChI=1S/C31H49N4O4P/c1-6-11-27(17-20-32-19-10-25-40(37,38-7-2)39-8-3)13-14-28-15-16-30-29(26-28)12-9-22-35(30)23-18-31(36)33-21-24-34(4)5/h6,11,13-17,20,26H,7-10,12,18-19,21-25H2,1-5H3,(H,33,36)/b11-6-,14-13?,27-17+,32-20?. The second-order valence-electron chi connectivity index (χ2n) is 9.96. The predicted octanol–water partition coefficient (Wildman–Crippen LogP) is 5.75. The normalized spacial score (nSPS) is 14.7. The Kier molecular flexibility index (Phi) is 15.8. The zero-order valence-corrected chi connectivity index (χ0v) is 26.0. The van der Waals surface area contributed by atoms with Crippen LogP contribution in [0.25, 0.3) is 6.08 Å². The SMILES string of the molecule is C/C=C\C(C=Cc1ccc2c(c1)CCCN2CCC(=O)NCCN(C)C)=C/C=NCCCP(=O)(OCC)OCC. The number of rotatable bonds is 18. The Balaban J connectivity index is 1.93. The Morgan fingerprint density at radius 2 is 1.98 bits per heavy atom. The van der Waals surface area contributed by atoms with Crippen molar-refractivity contribution < 1.29 is 18.4 Å². The first-order valence-corrected chi connectivity index (χ1v) is 16.2. The van der Waals surface area contributed by atoms with Gasteiger partial charge in [0.15, 0.2) is 0 Å². The summed E-state index contributed by atoms with van der Waals surface area (Å²) in [5.74, 6) is 0.108. The molecule has 0 aliphatic carbocycles. The van der Waals surface area contributed by atoms with Crippen molar-refractivity contribution >= 4 is 31.5 Å². The van der Waals surface area contributed by atoms with Crippen molar-refractivity contribution in [1.29, 1.82) is 0 Å². The van der Waals surface area contributed by atoms with Gasteiger partial charge in [0.25, 0.3) is 0 Å². The molecule has 1 aliphatic heterocycles. The zero-order chi connectivity index (χ0) is 29.2. The Bertz CT molecular complexity index is 1070. The average molecular weight is 573 g/mol. The molecule has 0 unspecified atom stereocenters. The number of aliphatic imine (C=N–C) groups is 1. The first-order valence-electron chi connectivity index (χ1n) is 14.5. The molecular weight excluding hydrogens is 523 g/mol. The number of likely N-dealkylation sites (N-methyl/N-ethyl adjacent to an activating group) is 1. The van der Waals surface area contributed by atoms with E-state index in [0.717, 1.165) is 43.6 Å². The van der Waals surface area contributed by atoms with E-state index in [1.807, 2.05) is 53.1 Å². The maximum atomic E-state index is 12.5. The highest BCUT2D eigenvalue weighted by atomic mass is 31.2. The number of nitrogens with zero attached hydrogens (tertiary/aromatic N) is 3. The lowest BCUT2D eigenvalue weighted by molar-refractivity contribution is -0.120. The van der Waals surface area contributed by atoms with Gasteiger partial charge in [-0.3, -0.25) is 14.4 Å². The second-order valence-corrected chi connectivity index (χ2v) is 12.1. The monoisotopic (exact) mass is 572 g/mol. The van der Waals surface area contributed by atoms with Crippen LogP contribution >= 0.6 is 7.60 Å². The van der Waals surface area contributed by atoms with Gasteiger partial charge < -0.3 is 24.2 Å². The van der Waals surface area contributed by atoms with Crippen LogP contribution in [0.15, 0.2) is 53.1 Å². The Morgan fingerprint density at radius 3 is 2.67 bits per heavy atom. The van der Waals surface area contributed by atoms with Crippen molar-refractivity contribution in [3.8, 4) is 0 Å². The summed E-state index contributed by atoms with van der Waals surface area (Å²) in [6, 6.07) is 6.58. The molecule has 0 aromatic heterocycles. The number of benzene rings is 1. The third-order valence-corrected chi connectivity index (χ3v) is 8.55. The van der Waals surface area contributed by atoms with Crippen molar-refractivity contribution in [2.45, 2.75) is 46.5 Å². The molecule has 0 spiro atoms. The van der Waals surface area contributed by atoms with Gasteiger partial charge in [-0.1, -0.05) is 30.4 Å². The van der Waals surface area contributed by atoms with Crippen LogP contribution in [0.5, 0.6) is 0 Å². The lowest BCUT2D eigenvalue weighted by atomic mass is 9.98. The van der Waals surface area contributed by atoms with Crippen molar-refractivity contribution in [1.82, 2.24) is 10.2 Å². The van der Waals surface area contributed by atoms with Gasteiger partial charge in [0.1, 0.15) is 0 Å². The molecule has 9 heteroatoms. The maximum Gasteiger partial charge on any atom is 0.330 e. The quantitative estimate of drug-likeness (QED) is 0.104. The Morgan fingerprint density at radius 1 is 1.20 bits per heavy atom. The molecule has 1 aromatic carbocycles. The summed E-state index contributed by atoms with van der Waals surface area (Å²) in [4.78, 5) is 21.1. The summed E-state index contributed by atoms with van der Waals surface area (Å²) >= 11 is 0. The fraction of sp³-hybridized carbons (Fsp3) is 0.548. The highest BCUT2D eigenvalue weighted by molar-refractivity contribution is 7.53. The van der Waals surface area contributed by atoms with E-state index < -0.39 is 7.60 Å². The molecule has 0 saturated carbocycles. The average Bonchev–Trinajstić information content (AvgIpc) is 2.92. The molecule has 8 nitrogen and oxygen atoms in total. The van der Waals surface area contributed by atoms with E-state index in [4.69, 9.17) is 9.05 Å². The molecule has 1 aliphatic rings. The summed E-state index contributed by atoms with van der Waals surface area (Å²) in [7, 11) is 1.00. The van der Waals surface area contributed by atoms with Gasteiger partial charge in [0.05, 0.1) is 19.4 Å². The molecule has 2 rings (SSSR count). The number of anilines is 1. The molecule has 1 N–H and O–H groups in total. The Labute approximate surface area is 241 Å². The number of aryl methyl sites for hydroxylation is 1. The minimum Gasteiger partial charge on any atom is -0.371 e. The van der Waals surface area contributed by atoms with Crippen molar-refractivity contribution in [3.05, 3.63) is 59.2 Å². The van der Waals surface area contributed by atoms with Gasteiger partial charge in [-0.25, -0.2) is 0 Å². The third kappa shape index (κ3) is 12.8. The van der Waals surface area contributed by atoms with Crippen molar-refractivity contribution in [3.63, 3.8) is 0 Å². The van der Waals surface area contributed by atoms with Gasteiger partial charge in [-0.15, -0.1) is 0 Å². The van der Waals surface area contributed by atoms with E-state index in [9.17, 15) is 9.36 Å². The fourth-order valence-electron chi connectivity index (χ4n) is 4.46. The fourth-order valence-corrected chi connectivity index (χ4v) is 6.10. The van der Waals surface area contributed by atoms with E-state index >= 15 is 0 Å². The number of carbonyl (C=O) groups is 1. The maximum absolute atomic E-state index is 12.5. The highest BCUT2D eigenvalue weighted by Gasteiger charge is 2.22. The van der Waals surface area contributed by atoms with Crippen LogP contribution < -0.4 is 10.2 Å². The number of allylic oxidation sites excluding steroid dienone is 5. The molecule has 0 atom stereocenters. The minimum atomic E-state index is -3.00. The van der Waals surface area contributed by atoms with Crippen LogP contribution in [0.3, 0.4) is 0 Å². The number of hydrogen-bond donors (Lipinski definition) is 1. The van der Waals surface area contributed by atoms with E-state index in [2.05, 4.69) is 50.5 Å². The van der Waals surface area contributed by atoms with Crippen LogP contribution in [0.4, 0.5) is 5.69 Å². The first kappa shape index (κ1) is 33.7. The van der Waals surface area contributed by atoms with E-state index in [0.29, 0.717) is 45.3 Å². The number of carbonyl (C=O) groups excluding carboxylic acids is 1. The lowest BCUT2D eigenvalue weighted by Crippen LogP contribution is -2.36. The van der Waals surface area contributed by atoms with Crippen LogP contribution in [0, 0.1) is 0 Å². The van der Waals surface area contributed by atoms with Gasteiger partial charge in [0, 0.05) is 51.0 Å². The molecule has 0 radical (unpaired) electrons. The number of fused-ring (bicyclic) bond motifs is 1. The summed E-state index contributed by atoms with van der Waals surface area (Å²) in [5.41, 5.74) is 4.76. The summed E-state index contributed by atoms with van der Waals surface area (Å²) in [6.07, 6.45) is 15.7. The van der Waals surface area contributed by atoms with E-state index in [1.54, 1.807) is 6.21 Å². The molecule has 40 heavy (non-hydrogen) atoms. The zero-order valence-electron chi connectivity index (χ0n) is 25.1. The van der Waals surface area contributed by atoms with Gasteiger partial charge in [-0.05, 0) is 89.0 Å². The minimum absolute atomic E-state index is 0.108. The van der Waals surface area contributed by atoms with Crippen LogP contribution in [0.1, 0.15) is 51.2 Å². The number of hydrogen-bond acceptors (Lipinski definition) is 7. The van der Waals surface area contributed by atoms with Crippen LogP contribution in [0.2, 0.25) is 0 Å². The van der Waals surface area contributed by atoms with Crippen LogP contribution in [-0.2, 0) is 24.8 Å². The van der Waals surface area contributed by atoms with Crippen molar-refractivity contribution in [2.24, 2.45) is 4.99 Å². The summed E-state index contributed by atoms with van der Waals surface area (Å²) < 4.78 is 23.2. The second kappa shape index (κ2) is 18.8. The molecule has 1 amide bonds.